The van der Waals surface area contributed by atoms with Gasteiger partial charge in [0.05, 0.1) is 5.39 Å². The maximum atomic E-state index is 4.54. The van der Waals surface area contributed by atoms with Crippen molar-refractivity contribution >= 4 is 16.9 Å². The lowest BCUT2D eigenvalue weighted by atomic mass is 10.1. The molecule has 1 aromatic carbocycles. The molecule has 0 bridgehead atoms. The largest absolute Gasteiger partial charge is 0.372 e. The summed E-state index contributed by atoms with van der Waals surface area (Å²) in [4.78, 5) is 8.86. The van der Waals surface area contributed by atoms with Gasteiger partial charge in [-0.25, -0.2) is 9.97 Å². The van der Waals surface area contributed by atoms with Gasteiger partial charge in [-0.05, 0) is 75.8 Å². The van der Waals surface area contributed by atoms with Crippen molar-refractivity contribution in [3.05, 3.63) is 54.5 Å². The van der Waals surface area contributed by atoms with Gasteiger partial charge in [-0.15, -0.1) is 0 Å². The molecule has 1 saturated carbocycles. The van der Waals surface area contributed by atoms with Crippen molar-refractivity contribution in [1.82, 2.24) is 25.2 Å². The third kappa shape index (κ3) is 5.18. The lowest BCUT2D eigenvalue weighted by Gasteiger charge is -2.15. The predicted molar refractivity (Wildman–Crippen MR) is 124 cm³/mol. The Labute approximate surface area is 179 Å². The Hall–Kier alpha value is -2.44. The normalized spacial score (nSPS) is 18.8. The molecule has 0 amide bonds. The molecule has 3 aromatic rings. The predicted octanol–water partition coefficient (Wildman–Crippen LogP) is 3.63. The van der Waals surface area contributed by atoms with Crippen LogP contribution in [0.3, 0.4) is 0 Å². The smallest absolute Gasteiger partial charge is 0.145 e. The van der Waals surface area contributed by atoms with Crippen LogP contribution in [0.25, 0.3) is 11.0 Å². The maximum absolute atomic E-state index is 4.54. The third-order valence-electron chi connectivity index (χ3n) is 6.23. The standard InChI is InChI=1S/C24H34N6/c1-25-23-22-11-15-30(24(22)29-18-28-23)21-9-8-20(16-21)17-27-13-5-12-26-14-10-19-6-3-2-4-7-19/h2-4,6-7,11,15,18,20-21,26-27H,5,8-10,12-14,16-17H2,1H3,(H,25,28,29). The van der Waals surface area contributed by atoms with Crippen molar-refractivity contribution in [2.45, 2.75) is 38.1 Å². The highest BCUT2D eigenvalue weighted by molar-refractivity contribution is 5.87. The molecule has 6 nitrogen and oxygen atoms in total. The van der Waals surface area contributed by atoms with Gasteiger partial charge < -0.3 is 20.5 Å². The Kier molecular flexibility index (Phi) is 7.32. The first-order valence-corrected chi connectivity index (χ1v) is 11.3. The van der Waals surface area contributed by atoms with Crippen molar-refractivity contribution in [2.24, 2.45) is 5.92 Å². The molecule has 2 unspecified atom stereocenters. The van der Waals surface area contributed by atoms with Crippen molar-refractivity contribution in [3.8, 4) is 0 Å². The molecule has 2 heterocycles. The van der Waals surface area contributed by atoms with Crippen LogP contribution in [-0.4, -0.2) is 47.8 Å². The highest BCUT2D eigenvalue weighted by Crippen LogP contribution is 2.36. The zero-order chi connectivity index (χ0) is 20.6. The minimum Gasteiger partial charge on any atom is -0.372 e. The monoisotopic (exact) mass is 406 g/mol. The number of aromatic nitrogens is 3. The van der Waals surface area contributed by atoms with Gasteiger partial charge in [-0.1, -0.05) is 30.3 Å². The summed E-state index contributed by atoms with van der Waals surface area (Å²) in [6.07, 6.45) is 9.87. The molecule has 1 aliphatic rings. The highest BCUT2D eigenvalue weighted by Gasteiger charge is 2.26. The van der Waals surface area contributed by atoms with Crippen LogP contribution >= 0.6 is 0 Å². The van der Waals surface area contributed by atoms with Crippen LogP contribution in [0.2, 0.25) is 0 Å². The molecule has 2 aromatic heterocycles. The summed E-state index contributed by atoms with van der Waals surface area (Å²) in [5, 5.41) is 11.5. The van der Waals surface area contributed by atoms with Crippen molar-refractivity contribution in [3.63, 3.8) is 0 Å². The number of rotatable bonds is 11. The fourth-order valence-electron chi connectivity index (χ4n) is 4.60. The molecular formula is C24H34N6. The van der Waals surface area contributed by atoms with Crippen LogP contribution in [-0.2, 0) is 6.42 Å². The second-order valence-electron chi connectivity index (χ2n) is 8.31. The van der Waals surface area contributed by atoms with E-state index in [2.05, 4.69) is 73.1 Å². The number of hydrogen-bond acceptors (Lipinski definition) is 5. The van der Waals surface area contributed by atoms with E-state index in [9.17, 15) is 0 Å². The molecule has 1 aliphatic carbocycles. The summed E-state index contributed by atoms with van der Waals surface area (Å²) in [6, 6.07) is 13.4. The SMILES string of the molecule is CNc1ncnc2c1ccn2C1CCC(CNCCCNCCc2ccccc2)C1. The average Bonchev–Trinajstić information content (AvgIpc) is 3.43. The quantitative estimate of drug-likeness (QED) is 0.424. The van der Waals surface area contributed by atoms with E-state index in [0.717, 1.165) is 55.4 Å². The molecule has 160 valence electrons. The lowest BCUT2D eigenvalue weighted by molar-refractivity contribution is 0.452. The topological polar surface area (TPSA) is 66.8 Å². The average molecular weight is 407 g/mol. The minimum absolute atomic E-state index is 0.550. The van der Waals surface area contributed by atoms with Crippen molar-refractivity contribution in [1.29, 1.82) is 0 Å². The van der Waals surface area contributed by atoms with Gasteiger partial charge in [-0.2, -0.15) is 0 Å². The first kappa shape index (κ1) is 20.8. The second-order valence-corrected chi connectivity index (χ2v) is 8.31. The summed E-state index contributed by atoms with van der Waals surface area (Å²) in [5.41, 5.74) is 2.46. The summed E-state index contributed by atoms with van der Waals surface area (Å²) in [5.74, 6) is 1.66. The molecule has 4 rings (SSSR count). The van der Waals surface area contributed by atoms with Crippen LogP contribution in [0.4, 0.5) is 5.82 Å². The summed E-state index contributed by atoms with van der Waals surface area (Å²) >= 11 is 0. The van der Waals surface area contributed by atoms with E-state index in [1.807, 2.05) is 7.05 Å². The number of hydrogen-bond donors (Lipinski definition) is 3. The van der Waals surface area contributed by atoms with E-state index >= 15 is 0 Å². The van der Waals surface area contributed by atoms with Gasteiger partial charge in [-0.3, -0.25) is 0 Å². The Morgan fingerprint density at radius 1 is 1.00 bits per heavy atom. The van der Waals surface area contributed by atoms with E-state index in [0.29, 0.717) is 6.04 Å². The molecule has 0 radical (unpaired) electrons. The molecule has 30 heavy (non-hydrogen) atoms. The molecule has 0 aliphatic heterocycles. The van der Waals surface area contributed by atoms with E-state index in [4.69, 9.17) is 0 Å². The van der Waals surface area contributed by atoms with Crippen LogP contribution in [0, 0.1) is 5.92 Å². The second kappa shape index (κ2) is 10.5. The number of nitrogens with zero attached hydrogens (tertiary/aromatic N) is 3. The van der Waals surface area contributed by atoms with Crippen molar-refractivity contribution < 1.29 is 0 Å². The van der Waals surface area contributed by atoms with Gasteiger partial charge >= 0.3 is 0 Å². The van der Waals surface area contributed by atoms with Crippen LogP contribution in [0.15, 0.2) is 48.9 Å². The van der Waals surface area contributed by atoms with E-state index < -0.39 is 0 Å². The Morgan fingerprint density at radius 2 is 1.87 bits per heavy atom. The summed E-state index contributed by atoms with van der Waals surface area (Å²) < 4.78 is 2.36. The molecule has 6 heteroatoms. The fourth-order valence-corrected chi connectivity index (χ4v) is 4.60. The van der Waals surface area contributed by atoms with Gasteiger partial charge in [0.2, 0.25) is 0 Å². The number of anilines is 1. The Balaban J connectivity index is 1.12. The third-order valence-corrected chi connectivity index (χ3v) is 6.23. The Bertz CT molecular complexity index is 906. The van der Waals surface area contributed by atoms with E-state index in [1.54, 1.807) is 6.33 Å². The molecule has 2 atom stereocenters. The van der Waals surface area contributed by atoms with E-state index in [1.165, 1.54) is 31.2 Å². The van der Waals surface area contributed by atoms with Gasteiger partial charge in [0.1, 0.15) is 17.8 Å². The molecule has 3 N–H and O–H groups in total. The molecular weight excluding hydrogens is 372 g/mol. The number of benzene rings is 1. The Morgan fingerprint density at radius 3 is 2.73 bits per heavy atom. The first-order valence-electron chi connectivity index (χ1n) is 11.3. The summed E-state index contributed by atoms with van der Waals surface area (Å²) in [6.45, 7) is 4.34. The molecule has 0 saturated heterocycles. The number of fused-ring (bicyclic) bond motifs is 1. The van der Waals surface area contributed by atoms with Gasteiger partial charge in [0.15, 0.2) is 0 Å². The maximum Gasteiger partial charge on any atom is 0.145 e. The lowest BCUT2D eigenvalue weighted by Crippen LogP contribution is -2.26. The van der Waals surface area contributed by atoms with Crippen LogP contribution in [0.1, 0.15) is 37.3 Å². The minimum atomic E-state index is 0.550. The number of nitrogens with one attached hydrogen (secondary N) is 3. The summed E-state index contributed by atoms with van der Waals surface area (Å²) in [7, 11) is 1.91. The molecule has 1 fully saturated rings. The van der Waals surface area contributed by atoms with Crippen LogP contribution in [0.5, 0.6) is 0 Å². The van der Waals surface area contributed by atoms with Crippen molar-refractivity contribution in [2.75, 3.05) is 38.5 Å². The van der Waals surface area contributed by atoms with Gasteiger partial charge in [0.25, 0.3) is 0 Å². The zero-order valence-corrected chi connectivity index (χ0v) is 18.0. The van der Waals surface area contributed by atoms with Crippen LogP contribution < -0.4 is 16.0 Å². The molecule has 0 spiro atoms. The van der Waals surface area contributed by atoms with E-state index in [-0.39, 0.29) is 0 Å². The zero-order valence-electron chi connectivity index (χ0n) is 18.0. The first-order chi connectivity index (χ1) is 14.8. The van der Waals surface area contributed by atoms with Gasteiger partial charge in [0, 0.05) is 19.3 Å². The fraction of sp³-hybridized carbons (Fsp3) is 0.500. The highest BCUT2D eigenvalue weighted by atomic mass is 15.1.